The van der Waals surface area contributed by atoms with E-state index in [4.69, 9.17) is 28.6 Å². The Morgan fingerprint density at radius 2 is 1.69 bits per heavy atom. The number of nitrogens with one attached hydrogen (secondary N) is 1. The van der Waals surface area contributed by atoms with Crippen LogP contribution in [0.25, 0.3) is 6.08 Å². The fourth-order valence-corrected chi connectivity index (χ4v) is 5.27. The summed E-state index contributed by atoms with van der Waals surface area (Å²) in [5, 5.41) is 3.00. The van der Waals surface area contributed by atoms with Gasteiger partial charge in [0.2, 0.25) is 0 Å². The zero-order valence-electron chi connectivity index (χ0n) is 20.7. The zero-order chi connectivity index (χ0) is 25.7. The molecule has 2 aromatic carbocycles. The van der Waals surface area contributed by atoms with Crippen molar-refractivity contribution in [2.24, 2.45) is 0 Å². The normalized spacial score (nSPS) is 17.5. The molecule has 0 radical (unpaired) electrons. The van der Waals surface area contributed by atoms with Crippen LogP contribution in [-0.4, -0.2) is 22.7 Å². The molecule has 2 aliphatic rings. The first-order chi connectivity index (χ1) is 16.2. The van der Waals surface area contributed by atoms with E-state index in [1.54, 1.807) is 17.0 Å². The second kappa shape index (κ2) is 9.26. The van der Waals surface area contributed by atoms with Crippen molar-refractivity contribution in [2.45, 2.75) is 58.9 Å². The number of benzene rings is 2. The molecule has 2 aromatic rings. The monoisotopic (exact) mass is 528 g/mol. The summed E-state index contributed by atoms with van der Waals surface area (Å²) in [5.41, 5.74) is 4.69. The molecule has 2 amide bonds. The number of ether oxygens (including phenoxy) is 1. The van der Waals surface area contributed by atoms with Gasteiger partial charge in [-0.15, -0.1) is 0 Å². The predicted octanol–water partition coefficient (Wildman–Crippen LogP) is 6.35. The number of hydrogen-bond donors (Lipinski definition) is 1. The van der Waals surface area contributed by atoms with Crippen molar-refractivity contribution in [2.75, 3.05) is 11.5 Å². The van der Waals surface area contributed by atoms with Crippen molar-refractivity contribution >= 4 is 63.5 Å². The molecule has 1 saturated heterocycles. The average Bonchev–Trinajstić information content (AvgIpc) is 3.05. The number of carbonyl (C=O) groups is 2. The minimum atomic E-state index is -0.244. The van der Waals surface area contributed by atoms with Gasteiger partial charge >= 0.3 is 0 Å². The molecular formula is C27H29ClN2O3S2. The lowest BCUT2D eigenvalue weighted by atomic mass is 9.79. The molecule has 0 aromatic heterocycles. The summed E-state index contributed by atoms with van der Waals surface area (Å²) in [6, 6.07) is 10.2. The lowest BCUT2D eigenvalue weighted by Crippen LogP contribution is -2.38. The van der Waals surface area contributed by atoms with E-state index in [2.05, 4.69) is 65.1 Å². The highest BCUT2D eigenvalue weighted by Crippen LogP contribution is 2.42. The van der Waals surface area contributed by atoms with Crippen LogP contribution in [0.1, 0.15) is 63.8 Å². The molecule has 0 atom stereocenters. The van der Waals surface area contributed by atoms with Crippen LogP contribution in [0.3, 0.4) is 0 Å². The molecule has 8 heteroatoms. The fraction of sp³-hybridized carbons (Fsp3) is 0.370. The van der Waals surface area contributed by atoms with Crippen LogP contribution in [0.5, 0.6) is 5.75 Å². The van der Waals surface area contributed by atoms with Gasteiger partial charge in [-0.2, -0.15) is 0 Å². The van der Waals surface area contributed by atoms with E-state index in [0.29, 0.717) is 37.8 Å². The van der Waals surface area contributed by atoms with E-state index in [0.717, 1.165) is 5.56 Å². The van der Waals surface area contributed by atoms with Gasteiger partial charge in [-0.1, -0.05) is 95.3 Å². The minimum Gasteiger partial charge on any atom is -0.480 e. The van der Waals surface area contributed by atoms with Crippen LogP contribution < -0.4 is 15.0 Å². The molecule has 4 rings (SSSR count). The fourth-order valence-electron chi connectivity index (χ4n) is 3.95. The first kappa shape index (κ1) is 25.7. The highest BCUT2D eigenvalue weighted by molar-refractivity contribution is 8.26. The summed E-state index contributed by atoms with van der Waals surface area (Å²) in [6.45, 7) is 13.5. The van der Waals surface area contributed by atoms with Gasteiger partial charge in [-0.25, -0.2) is 0 Å². The Labute approximate surface area is 221 Å². The maximum atomic E-state index is 13.0. The van der Waals surface area contributed by atoms with Crippen molar-refractivity contribution in [1.82, 2.24) is 5.32 Å². The predicted molar refractivity (Wildman–Crippen MR) is 148 cm³/mol. The van der Waals surface area contributed by atoms with Gasteiger partial charge in [0.05, 0.1) is 22.2 Å². The molecule has 35 heavy (non-hydrogen) atoms. The summed E-state index contributed by atoms with van der Waals surface area (Å²) in [5.74, 6) is 0.0771. The first-order valence-electron chi connectivity index (χ1n) is 11.4. The number of thiocarbonyl (C=S) groups is 1. The number of amides is 2. The molecule has 5 nitrogen and oxygen atoms in total. The maximum absolute atomic E-state index is 13.0. The summed E-state index contributed by atoms with van der Waals surface area (Å²) in [6.07, 6.45) is 1.72. The highest BCUT2D eigenvalue weighted by atomic mass is 35.5. The van der Waals surface area contributed by atoms with Crippen LogP contribution >= 0.6 is 35.6 Å². The molecule has 0 bridgehead atoms. The van der Waals surface area contributed by atoms with Gasteiger partial charge in [0.25, 0.3) is 11.8 Å². The number of rotatable bonds is 3. The Kier molecular flexibility index (Phi) is 6.81. The van der Waals surface area contributed by atoms with Crippen LogP contribution in [0.2, 0.25) is 5.02 Å². The molecule has 2 heterocycles. The SMILES string of the molecule is CC(C)(C)c1cc(CN2C(=O)COc3c(Cl)cc(C=C4SC(=S)NC4=O)cc32)cc(C(C)(C)C)c1. The lowest BCUT2D eigenvalue weighted by molar-refractivity contribution is -0.121. The van der Waals surface area contributed by atoms with Crippen LogP contribution in [0.15, 0.2) is 35.2 Å². The second-order valence-electron chi connectivity index (χ2n) is 10.9. The second-order valence-corrected chi connectivity index (χ2v) is 13.0. The van der Waals surface area contributed by atoms with E-state index >= 15 is 0 Å². The first-order valence-corrected chi connectivity index (χ1v) is 13.0. The van der Waals surface area contributed by atoms with Crippen LogP contribution in [0.4, 0.5) is 5.69 Å². The molecular weight excluding hydrogens is 500 g/mol. The number of carbonyl (C=O) groups excluding carboxylic acids is 2. The zero-order valence-corrected chi connectivity index (χ0v) is 23.1. The number of anilines is 1. The smallest absolute Gasteiger partial charge is 0.265 e. The minimum absolute atomic E-state index is 0.0360. The third kappa shape index (κ3) is 5.57. The van der Waals surface area contributed by atoms with Crippen molar-refractivity contribution in [1.29, 1.82) is 0 Å². The van der Waals surface area contributed by atoms with Crippen LogP contribution in [-0.2, 0) is 27.0 Å². The molecule has 0 aliphatic carbocycles. The lowest BCUT2D eigenvalue weighted by Gasteiger charge is -2.32. The molecule has 1 fully saturated rings. The third-order valence-corrected chi connectivity index (χ3v) is 7.43. The van der Waals surface area contributed by atoms with E-state index in [1.165, 1.54) is 22.9 Å². The Bertz CT molecular complexity index is 1240. The summed E-state index contributed by atoms with van der Waals surface area (Å²) in [4.78, 5) is 27.4. The molecule has 0 spiro atoms. The Morgan fingerprint density at radius 1 is 1.06 bits per heavy atom. The molecule has 184 valence electrons. The Morgan fingerprint density at radius 3 is 2.23 bits per heavy atom. The molecule has 1 N–H and O–H groups in total. The standard InChI is InChI=1S/C27H29ClN2O3S2/c1-26(2,3)17-7-16(8-18(12-17)27(4,5)6)13-30-20-10-15(11-21-24(32)29-25(34)35-21)9-19(28)23(20)33-14-22(30)31/h7-12H,13-14H2,1-6H3,(H,29,32,34). The Balaban J connectivity index is 1.77. The van der Waals surface area contributed by atoms with E-state index in [9.17, 15) is 9.59 Å². The number of hydrogen-bond acceptors (Lipinski definition) is 5. The number of halogens is 1. The van der Waals surface area contributed by atoms with Crippen molar-refractivity contribution < 1.29 is 14.3 Å². The van der Waals surface area contributed by atoms with Crippen LogP contribution in [0, 0.1) is 0 Å². The van der Waals surface area contributed by atoms with Gasteiger partial charge in [0.15, 0.2) is 12.4 Å². The van der Waals surface area contributed by atoms with Gasteiger partial charge < -0.3 is 15.0 Å². The molecule has 0 saturated carbocycles. The maximum Gasteiger partial charge on any atom is 0.265 e. The van der Waals surface area contributed by atoms with Gasteiger partial charge in [0, 0.05) is 0 Å². The summed E-state index contributed by atoms with van der Waals surface area (Å²) < 4.78 is 6.12. The number of nitrogens with zero attached hydrogens (tertiary/aromatic N) is 1. The highest BCUT2D eigenvalue weighted by Gasteiger charge is 2.30. The van der Waals surface area contributed by atoms with Crippen molar-refractivity contribution in [3.05, 3.63) is 62.5 Å². The summed E-state index contributed by atoms with van der Waals surface area (Å²) >= 11 is 12.8. The van der Waals surface area contributed by atoms with E-state index < -0.39 is 0 Å². The van der Waals surface area contributed by atoms with E-state index in [-0.39, 0.29) is 29.3 Å². The molecule has 0 unspecified atom stereocenters. The topological polar surface area (TPSA) is 58.6 Å². The third-order valence-electron chi connectivity index (χ3n) is 5.98. The average molecular weight is 529 g/mol. The van der Waals surface area contributed by atoms with Crippen molar-refractivity contribution in [3.63, 3.8) is 0 Å². The van der Waals surface area contributed by atoms with E-state index in [1.807, 2.05) is 6.07 Å². The summed E-state index contributed by atoms with van der Waals surface area (Å²) in [7, 11) is 0. The Hall–Kier alpha value is -2.35. The van der Waals surface area contributed by atoms with Crippen molar-refractivity contribution in [3.8, 4) is 5.75 Å². The number of thioether (sulfide) groups is 1. The number of fused-ring (bicyclic) bond motifs is 1. The van der Waals surface area contributed by atoms with Gasteiger partial charge in [0.1, 0.15) is 4.32 Å². The molecule has 2 aliphatic heterocycles. The quantitative estimate of drug-likeness (QED) is 0.371. The van der Waals surface area contributed by atoms with Gasteiger partial charge in [-0.3, -0.25) is 9.59 Å². The van der Waals surface area contributed by atoms with Gasteiger partial charge in [-0.05, 0) is 51.3 Å². The largest absolute Gasteiger partial charge is 0.480 e.